The van der Waals surface area contributed by atoms with Gasteiger partial charge in [-0.2, -0.15) is 0 Å². The van der Waals surface area contributed by atoms with Crippen molar-refractivity contribution >= 4 is 23.0 Å². The summed E-state index contributed by atoms with van der Waals surface area (Å²) < 4.78 is 27.1. The molecule has 0 aliphatic carbocycles. The van der Waals surface area contributed by atoms with E-state index in [1.807, 2.05) is 24.3 Å². The Morgan fingerprint density at radius 2 is 2.27 bits per heavy atom. The number of aromatic nitrogens is 1. The van der Waals surface area contributed by atoms with Crippen molar-refractivity contribution < 1.29 is 8.78 Å². The molecular formula is C18H23F2N5S. The maximum absolute atomic E-state index is 14.0. The van der Waals surface area contributed by atoms with Gasteiger partial charge < -0.3 is 15.5 Å². The van der Waals surface area contributed by atoms with Crippen LogP contribution in [0.1, 0.15) is 23.9 Å². The van der Waals surface area contributed by atoms with E-state index in [0.29, 0.717) is 25.3 Å². The topological polar surface area (TPSA) is 52.6 Å². The van der Waals surface area contributed by atoms with Crippen LogP contribution in [0.4, 0.5) is 14.5 Å². The predicted octanol–water partition coefficient (Wildman–Crippen LogP) is 3.06. The van der Waals surface area contributed by atoms with Crippen LogP contribution in [0.3, 0.4) is 0 Å². The second kappa shape index (κ2) is 8.44. The molecule has 0 bridgehead atoms. The number of aliphatic imine (C=N–C) groups is 1. The molecule has 2 aromatic rings. The van der Waals surface area contributed by atoms with E-state index in [4.69, 9.17) is 0 Å². The average Bonchev–Trinajstić information content (AvgIpc) is 3.22. The number of benzene rings is 1. The lowest BCUT2D eigenvalue weighted by Gasteiger charge is -2.21. The summed E-state index contributed by atoms with van der Waals surface area (Å²) in [5, 5.41) is 6.66. The minimum absolute atomic E-state index is 0.153. The van der Waals surface area contributed by atoms with Crippen molar-refractivity contribution in [1.29, 1.82) is 0 Å². The van der Waals surface area contributed by atoms with Crippen molar-refractivity contribution in [2.45, 2.75) is 32.9 Å². The van der Waals surface area contributed by atoms with Gasteiger partial charge in [-0.1, -0.05) is 0 Å². The monoisotopic (exact) mass is 379 g/mol. The highest BCUT2D eigenvalue weighted by atomic mass is 32.1. The third-order valence-electron chi connectivity index (χ3n) is 4.35. The van der Waals surface area contributed by atoms with Crippen LogP contribution in [0.25, 0.3) is 0 Å². The summed E-state index contributed by atoms with van der Waals surface area (Å²) in [5.41, 5.74) is 3.28. The van der Waals surface area contributed by atoms with Crippen LogP contribution < -0.4 is 15.5 Å². The summed E-state index contributed by atoms with van der Waals surface area (Å²) in [6, 6.07) is 3.87. The van der Waals surface area contributed by atoms with E-state index in [9.17, 15) is 8.78 Å². The molecule has 2 heterocycles. The Bertz CT molecular complexity index is 777. The number of nitrogens with one attached hydrogen (secondary N) is 2. The number of aryl methyl sites for hydroxylation is 1. The Labute approximate surface area is 156 Å². The van der Waals surface area contributed by atoms with Crippen LogP contribution in [0, 0.1) is 18.6 Å². The molecule has 5 nitrogen and oxygen atoms in total. The van der Waals surface area contributed by atoms with E-state index < -0.39 is 11.6 Å². The van der Waals surface area contributed by atoms with Crippen molar-refractivity contribution in [2.75, 3.05) is 24.5 Å². The zero-order chi connectivity index (χ0) is 18.5. The van der Waals surface area contributed by atoms with Crippen LogP contribution in [0.5, 0.6) is 0 Å². The number of guanidine groups is 1. The summed E-state index contributed by atoms with van der Waals surface area (Å²) in [4.78, 5) is 11.9. The third-order valence-corrected chi connectivity index (χ3v) is 5.27. The van der Waals surface area contributed by atoms with Crippen LogP contribution in [-0.4, -0.2) is 36.6 Å². The van der Waals surface area contributed by atoms with Gasteiger partial charge in [-0.3, -0.25) is 0 Å². The SMILES string of the molecule is CCNC(=NCc1scnc1C)NC1CCN(c2ccc(F)cc2F)C1. The van der Waals surface area contributed by atoms with Gasteiger partial charge in [-0.05, 0) is 32.4 Å². The maximum Gasteiger partial charge on any atom is 0.191 e. The van der Waals surface area contributed by atoms with Gasteiger partial charge in [0.25, 0.3) is 0 Å². The molecule has 1 atom stereocenters. The van der Waals surface area contributed by atoms with Crippen molar-refractivity contribution in [3.8, 4) is 0 Å². The number of anilines is 1. The minimum Gasteiger partial charge on any atom is -0.367 e. The number of rotatable bonds is 5. The molecular weight excluding hydrogens is 356 g/mol. The van der Waals surface area contributed by atoms with E-state index in [0.717, 1.165) is 35.6 Å². The lowest BCUT2D eigenvalue weighted by Crippen LogP contribution is -2.44. The summed E-state index contributed by atoms with van der Waals surface area (Å²) in [7, 11) is 0. The van der Waals surface area contributed by atoms with Gasteiger partial charge in [0.15, 0.2) is 5.96 Å². The normalized spacial score (nSPS) is 17.6. The molecule has 140 valence electrons. The highest BCUT2D eigenvalue weighted by Gasteiger charge is 2.25. The predicted molar refractivity (Wildman–Crippen MR) is 102 cm³/mol. The largest absolute Gasteiger partial charge is 0.367 e. The molecule has 1 unspecified atom stereocenters. The molecule has 8 heteroatoms. The Balaban J connectivity index is 1.62. The van der Waals surface area contributed by atoms with Crippen molar-refractivity contribution in [1.82, 2.24) is 15.6 Å². The Kier molecular flexibility index (Phi) is 6.03. The molecule has 0 saturated carbocycles. The third kappa shape index (κ3) is 4.49. The summed E-state index contributed by atoms with van der Waals surface area (Å²) in [5.74, 6) is -0.335. The fourth-order valence-electron chi connectivity index (χ4n) is 2.98. The molecule has 0 spiro atoms. The summed E-state index contributed by atoms with van der Waals surface area (Å²) in [6.07, 6.45) is 0.862. The zero-order valence-electron chi connectivity index (χ0n) is 14.9. The highest BCUT2D eigenvalue weighted by Crippen LogP contribution is 2.24. The Morgan fingerprint density at radius 1 is 1.42 bits per heavy atom. The molecule has 1 aliphatic heterocycles. The second-order valence-electron chi connectivity index (χ2n) is 6.23. The van der Waals surface area contributed by atoms with Gasteiger partial charge in [0.1, 0.15) is 11.6 Å². The highest BCUT2D eigenvalue weighted by molar-refractivity contribution is 7.09. The molecule has 2 N–H and O–H groups in total. The second-order valence-corrected chi connectivity index (χ2v) is 7.17. The number of nitrogens with zero attached hydrogens (tertiary/aromatic N) is 3. The van der Waals surface area contributed by atoms with Crippen molar-refractivity contribution in [3.63, 3.8) is 0 Å². The molecule has 1 aromatic carbocycles. The lowest BCUT2D eigenvalue weighted by atomic mass is 10.2. The smallest absolute Gasteiger partial charge is 0.191 e. The first-order valence-corrected chi connectivity index (χ1v) is 9.58. The van der Waals surface area contributed by atoms with Crippen molar-refractivity contribution in [3.05, 3.63) is 45.9 Å². The number of hydrogen-bond acceptors (Lipinski definition) is 4. The van der Waals surface area contributed by atoms with Crippen molar-refractivity contribution in [2.24, 2.45) is 4.99 Å². The zero-order valence-corrected chi connectivity index (χ0v) is 15.7. The van der Waals surface area contributed by atoms with Crippen LogP contribution in [0.15, 0.2) is 28.7 Å². The quantitative estimate of drug-likeness (QED) is 0.619. The molecule has 3 rings (SSSR count). The van der Waals surface area contributed by atoms with Gasteiger partial charge in [0.05, 0.1) is 23.4 Å². The van der Waals surface area contributed by atoms with E-state index in [2.05, 4.69) is 20.6 Å². The lowest BCUT2D eigenvalue weighted by molar-refractivity contribution is 0.580. The fourth-order valence-corrected chi connectivity index (χ4v) is 3.68. The van der Waals surface area contributed by atoms with Crippen LogP contribution in [-0.2, 0) is 6.54 Å². The van der Waals surface area contributed by atoms with E-state index >= 15 is 0 Å². The first-order chi connectivity index (χ1) is 12.6. The maximum atomic E-state index is 14.0. The average molecular weight is 379 g/mol. The van der Waals surface area contributed by atoms with Gasteiger partial charge in [0.2, 0.25) is 0 Å². The molecule has 26 heavy (non-hydrogen) atoms. The fraction of sp³-hybridized carbons (Fsp3) is 0.444. The molecule has 0 radical (unpaired) electrons. The number of thiazole rings is 1. The summed E-state index contributed by atoms with van der Waals surface area (Å²) >= 11 is 1.60. The van der Waals surface area contributed by atoms with Gasteiger partial charge in [-0.15, -0.1) is 11.3 Å². The molecule has 1 aromatic heterocycles. The van der Waals surface area contributed by atoms with Gasteiger partial charge in [-0.25, -0.2) is 18.8 Å². The molecule has 1 fully saturated rings. The Morgan fingerprint density at radius 3 is 2.96 bits per heavy atom. The first kappa shape index (κ1) is 18.6. The number of hydrogen-bond donors (Lipinski definition) is 2. The van der Waals surface area contributed by atoms with Crippen LogP contribution >= 0.6 is 11.3 Å². The van der Waals surface area contributed by atoms with E-state index in [-0.39, 0.29) is 6.04 Å². The first-order valence-electron chi connectivity index (χ1n) is 8.70. The van der Waals surface area contributed by atoms with Gasteiger partial charge >= 0.3 is 0 Å². The Hall–Kier alpha value is -2.22. The van der Waals surface area contributed by atoms with Gasteiger partial charge in [0, 0.05) is 36.6 Å². The number of halogens is 2. The molecule has 1 aliphatic rings. The van der Waals surface area contributed by atoms with E-state index in [1.54, 1.807) is 11.3 Å². The standard InChI is InChI=1S/C18H23F2N5S/c1-3-21-18(22-9-17-12(2)23-11-26-17)24-14-6-7-25(10-14)16-5-4-13(19)8-15(16)20/h4-5,8,11,14H,3,6-7,9-10H2,1-2H3,(H2,21,22,24). The van der Waals surface area contributed by atoms with E-state index in [1.165, 1.54) is 12.1 Å². The molecule has 1 saturated heterocycles. The molecule has 0 amide bonds. The summed E-state index contributed by atoms with van der Waals surface area (Å²) in [6.45, 7) is 6.70. The van der Waals surface area contributed by atoms with Crippen LogP contribution in [0.2, 0.25) is 0 Å². The minimum atomic E-state index is -0.556.